The van der Waals surface area contributed by atoms with Crippen molar-refractivity contribution < 1.29 is 28.7 Å². The minimum atomic E-state index is -0.253. The zero-order valence-corrected chi connectivity index (χ0v) is 34.3. The SMILES string of the molecule is O=C1C=C2Cc3cccc(c3OCCSc3nc4ccccc4s3)CC3=CC(=O)C=C(Cc4cccc(c4OCCSc4nc5ccccc5s4)CC(=C1)C2=O)C3=O. The third-order valence-electron chi connectivity index (χ3n) is 9.97. The number of ether oxygens (including phenoxy) is 2. The molecule has 0 N–H and O–H groups in total. The summed E-state index contributed by atoms with van der Waals surface area (Å²) in [6.45, 7) is 0.657. The van der Waals surface area contributed by atoms with Crippen LogP contribution in [0.5, 0.6) is 11.5 Å². The van der Waals surface area contributed by atoms with Gasteiger partial charge in [0.25, 0.3) is 0 Å². The summed E-state index contributed by atoms with van der Waals surface area (Å²) in [5.41, 5.74) is 6.21. The van der Waals surface area contributed by atoms with Crippen LogP contribution in [0.1, 0.15) is 22.3 Å². The molecule has 2 aromatic heterocycles. The molecule has 4 aromatic carbocycles. The van der Waals surface area contributed by atoms with Gasteiger partial charge >= 0.3 is 0 Å². The number of rotatable bonds is 10. The Balaban J connectivity index is 1.00. The predicted octanol–water partition coefficient (Wildman–Crippen LogP) is 9.14. The Morgan fingerprint density at radius 2 is 0.845 bits per heavy atom. The van der Waals surface area contributed by atoms with Crippen molar-refractivity contribution in [1.82, 2.24) is 9.97 Å². The number of fused-ring (bicyclic) bond motifs is 10. The molecule has 0 atom stereocenters. The summed E-state index contributed by atoms with van der Waals surface area (Å²) in [6.07, 6.45) is 6.24. The van der Waals surface area contributed by atoms with E-state index < -0.39 is 0 Å². The largest absolute Gasteiger partial charge is 0.492 e. The molecule has 2 heterocycles. The summed E-state index contributed by atoms with van der Waals surface area (Å²) in [5.74, 6) is 1.37. The van der Waals surface area contributed by atoms with E-state index in [0.717, 1.165) is 29.1 Å². The van der Waals surface area contributed by atoms with E-state index in [2.05, 4.69) is 12.1 Å². The summed E-state index contributed by atoms with van der Waals surface area (Å²) in [5, 5.41) is 0. The van der Waals surface area contributed by atoms with Crippen LogP contribution in [0, 0.1) is 0 Å². The Bertz CT molecular complexity index is 2440. The van der Waals surface area contributed by atoms with E-state index in [0.29, 0.717) is 80.8 Å². The number of carbonyl (C=O) groups excluding carboxylic acids is 4. The highest BCUT2D eigenvalue weighted by Gasteiger charge is 2.29. The number of hydrogen-bond acceptors (Lipinski definition) is 12. The molecule has 0 radical (unpaired) electrons. The molecule has 3 aliphatic rings. The van der Waals surface area contributed by atoms with Crippen molar-refractivity contribution in [1.29, 1.82) is 0 Å². The van der Waals surface area contributed by atoms with Crippen molar-refractivity contribution in [2.75, 3.05) is 24.7 Å². The van der Waals surface area contributed by atoms with Crippen LogP contribution < -0.4 is 9.47 Å². The molecule has 3 aliphatic carbocycles. The van der Waals surface area contributed by atoms with Crippen LogP contribution in [0.15, 0.2) is 140 Å². The predicted molar refractivity (Wildman–Crippen MR) is 232 cm³/mol. The minimum Gasteiger partial charge on any atom is -0.492 e. The van der Waals surface area contributed by atoms with Crippen LogP contribution in [0.25, 0.3) is 20.4 Å². The maximum Gasteiger partial charge on any atom is 0.185 e. The molecule has 0 fully saturated rings. The lowest BCUT2D eigenvalue weighted by Gasteiger charge is -2.22. The van der Waals surface area contributed by atoms with E-state index in [1.807, 2.05) is 72.8 Å². The number of Topliss-reactive ketones (excluding diaryl/α,β-unsaturated/α-hetero) is 2. The second kappa shape index (κ2) is 16.8. The van der Waals surface area contributed by atoms with Gasteiger partial charge in [-0.2, -0.15) is 0 Å². The second-order valence-corrected chi connectivity index (χ2v) is 18.7. The van der Waals surface area contributed by atoms with Gasteiger partial charge in [0.15, 0.2) is 31.8 Å². The average molecular weight is 839 g/mol. The molecule has 9 rings (SSSR count). The van der Waals surface area contributed by atoms with Crippen molar-refractivity contribution in [3.8, 4) is 11.5 Å². The molecular weight excluding hydrogens is 805 g/mol. The lowest BCUT2D eigenvalue weighted by molar-refractivity contribution is -0.115. The van der Waals surface area contributed by atoms with E-state index in [4.69, 9.17) is 19.4 Å². The van der Waals surface area contributed by atoms with Crippen LogP contribution in [0.3, 0.4) is 0 Å². The quantitative estimate of drug-likeness (QED) is 0.0753. The van der Waals surface area contributed by atoms with Gasteiger partial charge in [0.05, 0.1) is 33.6 Å². The Kier molecular flexibility index (Phi) is 11.1. The number of carbonyl (C=O) groups is 4. The van der Waals surface area contributed by atoms with Gasteiger partial charge in [-0.25, -0.2) is 9.97 Å². The summed E-state index contributed by atoms with van der Waals surface area (Å²) >= 11 is 6.45. The van der Waals surface area contributed by atoms with Crippen LogP contribution in [-0.4, -0.2) is 57.8 Å². The molecule has 0 saturated carbocycles. The minimum absolute atomic E-state index is 0.152. The third kappa shape index (κ3) is 8.28. The fraction of sp³-hybridized carbons (Fsp3) is 0.174. The number of benzene rings is 4. The number of allylic oxidation sites excluding steroid dienone is 8. The van der Waals surface area contributed by atoms with Gasteiger partial charge in [0, 0.05) is 59.5 Å². The van der Waals surface area contributed by atoms with Crippen molar-refractivity contribution in [3.63, 3.8) is 0 Å². The Hall–Kier alpha value is -5.40. The molecule has 288 valence electrons. The van der Waals surface area contributed by atoms with Gasteiger partial charge in [-0.1, -0.05) is 84.2 Å². The number of nitrogens with zero attached hydrogens (tertiary/aromatic N) is 2. The van der Waals surface area contributed by atoms with E-state index in [1.165, 1.54) is 24.3 Å². The van der Waals surface area contributed by atoms with Gasteiger partial charge in [-0.15, -0.1) is 22.7 Å². The second-order valence-electron chi connectivity index (χ2n) is 13.9. The van der Waals surface area contributed by atoms with Crippen molar-refractivity contribution in [2.24, 2.45) is 0 Å². The summed E-state index contributed by atoms with van der Waals surface area (Å²) in [6, 6.07) is 27.3. The molecule has 6 aromatic rings. The monoisotopic (exact) mass is 838 g/mol. The molecule has 0 saturated heterocycles. The maximum atomic E-state index is 14.2. The van der Waals surface area contributed by atoms with E-state index in [1.54, 1.807) is 46.2 Å². The molecule has 58 heavy (non-hydrogen) atoms. The Morgan fingerprint density at radius 3 is 1.21 bits per heavy atom. The van der Waals surface area contributed by atoms with Gasteiger partial charge in [0.1, 0.15) is 11.5 Å². The molecule has 0 amide bonds. The lowest BCUT2D eigenvalue weighted by Crippen LogP contribution is -2.20. The first kappa shape index (κ1) is 38.1. The van der Waals surface area contributed by atoms with Gasteiger partial charge in [-0.05, 0) is 70.8 Å². The zero-order chi connectivity index (χ0) is 39.6. The van der Waals surface area contributed by atoms with Gasteiger partial charge < -0.3 is 9.47 Å². The third-order valence-corrected chi connectivity index (χ3v) is 14.3. The number of thiazole rings is 2. The average Bonchev–Trinajstić information content (AvgIpc) is 3.83. The van der Waals surface area contributed by atoms with E-state index >= 15 is 0 Å². The van der Waals surface area contributed by atoms with Crippen molar-refractivity contribution >= 4 is 89.8 Å². The highest BCUT2D eigenvalue weighted by molar-refractivity contribution is 8.01. The van der Waals surface area contributed by atoms with Crippen LogP contribution >= 0.6 is 46.2 Å². The van der Waals surface area contributed by atoms with Crippen LogP contribution in [0.2, 0.25) is 0 Å². The highest BCUT2D eigenvalue weighted by atomic mass is 32.2. The molecule has 8 nitrogen and oxygen atoms in total. The number of hydrogen-bond donors (Lipinski definition) is 0. The van der Waals surface area contributed by atoms with Crippen molar-refractivity contribution in [3.05, 3.63) is 154 Å². The molecule has 0 aliphatic heterocycles. The van der Waals surface area contributed by atoms with E-state index in [-0.39, 0.29) is 48.8 Å². The molecule has 8 bridgehead atoms. The van der Waals surface area contributed by atoms with E-state index in [9.17, 15) is 19.2 Å². The first-order chi connectivity index (χ1) is 28.3. The summed E-state index contributed by atoms with van der Waals surface area (Å²) < 4.78 is 17.1. The zero-order valence-electron chi connectivity index (χ0n) is 31.0. The fourth-order valence-electron chi connectivity index (χ4n) is 7.37. The summed E-state index contributed by atoms with van der Waals surface area (Å²) in [4.78, 5) is 64.3. The molecule has 0 spiro atoms. The topological polar surface area (TPSA) is 113 Å². The number of aromatic nitrogens is 2. The highest BCUT2D eigenvalue weighted by Crippen LogP contribution is 2.37. The smallest absolute Gasteiger partial charge is 0.185 e. The lowest BCUT2D eigenvalue weighted by atomic mass is 9.84. The first-order valence-electron chi connectivity index (χ1n) is 18.8. The van der Waals surface area contributed by atoms with Crippen LogP contribution in [-0.2, 0) is 44.9 Å². The van der Waals surface area contributed by atoms with Gasteiger partial charge in [0.2, 0.25) is 0 Å². The van der Waals surface area contributed by atoms with Crippen LogP contribution in [0.4, 0.5) is 0 Å². The normalized spacial score (nSPS) is 15.6. The number of ketones is 4. The van der Waals surface area contributed by atoms with Gasteiger partial charge in [-0.3, -0.25) is 19.2 Å². The fourth-order valence-corrected chi connectivity index (χ4v) is 11.3. The molecule has 0 unspecified atom stereocenters. The standard InChI is InChI=1S/C46H34N2O6S4/c49-35-23-31-19-27-7-5-8-28(43(27)53-15-17-55-45-47-37-11-1-3-13-39(37)57-45)20-32-24-36(50)26-34(42(32)52)22-30-10-6-9-29(21-33(25-35)41(31)51)44(30)54-16-18-56-46-48-38-12-2-4-14-40(38)58-46/h1-14,23-26H,15-22H2. The van der Waals surface area contributed by atoms with Crippen molar-refractivity contribution in [2.45, 2.75) is 34.4 Å². The first-order valence-corrected chi connectivity index (χ1v) is 22.4. The maximum absolute atomic E-state index is 14.2. The number of para-hydroxylation sites is 4. The number of thioether (sulfide) groups is 2. The Morgan fingerprint density at radius 1 is 0.483 bits per heavy atom. The Labute approximate surface area is 350 Å². The molecular formula is C46H34N2O6S4. The molecule has 12 heteroatoms. The summed E-state index contributed by atoms with van der Waals surface area (Å²) in [7, 11) is 0.